The van der Waals surface area contributed by atoms with Gasteiger partial charge in [0.25, 0.3) is 11.7 Å². The number of Topliss-reactive ketones (excluding diaryl/α,β-unsaturated/α-hetero) is 1. The topological polar surface area (TPSA) is 106 Å². The second-order valence-corrected chi connectivity index (χ2v) is 10.6. The van der Waals surface area contributed by atoms with Crippen LogP contribution in [-0.2, 0) is 19.7 Å². The van der Waals surface area contributed by atoms with Crippen molar-refractivity contribution in [1.82, 2.24) is 4.98 Å². The van der Waals surface area contributed by atoms with Crippen molar-refractivity contribution in [1.29, 1.82) is 0 Å². The van der Waals surface area contributed by atoms with Crippen LogP contribution < -0.4 is 9.64 Å². The molecule has 0 spiro atoms. The highest BCUT2D eigenvalue weighted by atomic mass is 16.5. The maximum atomic E-state index is 13.6. The Bertz CT molecular complexity index is 1450. The van der Waals surface area contributed by atoms with E-state index in [9.17, 15) is 19.5 Å². The highest BCUT2D eigenvalue weighted by molar-refractivity contribution is 6.51. The van der Waals surface area contributed by atoms with Gasteiger partial charge in [-0.15, -0.1) is 0 Å². The third-order valence-electron chi connectivity index (χ3n) is 6.44. The van der Waals surface area contributed by atoms with Gasteiger partial charge in [-0.3, -0.25) is 19.5 Å². The fourth-order valence-corrected chi connectivity index (χ4v) is 4.49. The smallest absolute Gasteiger partial charge is 0.338 e. The first-order valence-corrected chi connectivity index (χ1v) is 12.7. The van der Waals surface area contributed by atoms with Crippen molar-refractivity contribution in [2.45, 2.75) is 52.2 Å². The van der Waals surface area contributed by atoms with Gasteiger partial charge in [-0.25, -0.2) is 4.79 Å². The van der Waals surface area contributed by atoms with E-state index >= 15 is 0 Å². The molecule has 0 aliphatic carbocycles. The lowest BCUT2D eigenvalue weighted by Gasteiger charge is -2.25. The molecule has 2 heterocycles. The number of aliphatic hydroxyl groups excluding tert-OH is 1. The molecule has 1 aromatic heterocycles. The van der Waals surface area contributed by atoms with Gasteiger partial charge in [-0.1, -0.05) is 39.0 Å². The van der Waals surface area contributed by atoms with E-state index in [0.29, 0.717) is 17.1 Å². The Morgan fingerprint density at radius 1 is 1.03 bits per heavy atom. The van der Waals surface area contributed by atoms with Crippen molar-refractivity contribution in [2.75, 3.05) is 12.0 Å². The van der Waals surface area contributed by atoms with Gasteiger partial charge < -0.3 is 14.6 Å². The number of hydrogen-bond donors (Lipinski definition) is 1. The number of ketones is 1. The molecular formula is C31H32N2O6. The Labute approximate surface area is 227 Å². The van der Waals surface area contributed by atoms with E-state index in [2.05, 4.69) is 4.98 Å². The molecule has 1 aliphatic rings. The number of benzene rings is 2. The monoisotopic (exact) mass is 528 g/mol. The molecule has 1 atom stereocenters. The third kappa shape index (κ3) is 5.41. The van der Waals surface area contributed by atoms with Crippen LogP contribution in [0.2, 0.25) is 0 Å². The van der Waals surface area contributed by atoms with Crippen LogP contribution in [0.3, 0.4) is 0 Å². The number of nitrogens with zero attached hydrogens (tertiary/aromatic N) is 2. The lowest BCUT2D eigenvalue weighted by molar-refractivity contribution is -0.132. The molecule has 1 amide bonds. The first-order valence-electron chi connectivity index (χ1n) is 12.7. The fraction of sp³-hybridized carbons (Fsp3) is 0.290. The number of rotatable bonds is 6. The van der Waals surface area contributed by atoms with E-state index in [1.807, 2.05) is 26.8 Å². The van der Waals surface area contributed by atoms with Gasteiger partial charge in [0.2, 0.25) is 0 Å². The summed E-state index contributed by atoms with van der Waals surface area (Å²) in [5.74, 6) is -2.30. The molecule has 8 heteroatoms. The van der Waals surface area contributed by atoms with Gasteiger partial charge >= 0.3 is 5.97 Å². The van der Waals surface area contributed by atoms with Gasteiger partial charge in [0.1, 0.15) is 17.6 Å². The lowest BCUT2D eigenvalue weighted by atomic mass is 9.85. The number of aliphatic hydroxyl groups is 1. The maximum absolute atomic E-state index is 13.6. The lowest BCUT2D eigenvalue weighted by Crippen LogP contribution is -2.30. The molecule has 1 aliphatic heterocycles. The molecule has 1 fully saturated rings. The number of esters is 1. The first kappa shape index (κ1) is 27.6. The molecule has 202 valence electrons. The van der Waals surface area contributed by atoms with Crippen LogP contribution in [0.5, 0.6) is 5.75 Å². The van der Waals surface area contributed by atoms with Crippen LogP contribution in [0, 0.1) is 0 Å². The Balaban J connectivity index is 1.94. The number of carbonyl (C=O) groups excluding carboxylic acids is 3. The molecular weight excluding hydrogens is 496 g/mol. The second kappa shape index (κ2) is 10.7. The Kier molecular flexibility index (Phi) is 7.58. The second-order valence-electron chi connectivity index (χ2n) is 10.6. The van der Waals surface area contributed by atoms with E-state index in [4.69, 9.17) is 9.47 Å². The van der Waals surface area contributed by atoms with Crippen molar-refractivity contribution in [3.05, 3.63) is 94.8 Å². The van der Waals surface area contributed by atoms with Gasteiger partial charge in [0.05, 0.1) is 35.6 Å². The highest BCUT2D eigenvalue weighted by Crippen LogP contribution is 2.43. The van der Waals surface area contributed by atoms with Crippen LogP contribution >= 0.6 is 0 Å². The summed E-state index contributed by atoms with van der Waals surface area (Å²) >= 11 is 0. The van der Waals surface area contributed by atoms with E-state index in [-0.39, 0.29) is 34.0 Å². The number of aromatic nitrogens is 1. The van der Waals surface area contributed by atoms with Crippen LogP contribution in [0.4, 0.5) is 5.69 Å². The summed E-state index contributed by atoms with van der Waals surface area (Å²) < 4.78 is 10.8. The SMILES string of the molecule is COc1ccc(C(C)(C)C)cc1/C(O)=C1\C(=O)C(=O)N(c2cccc(C(=O)OC(C)C)c2)C1c1ccccn1. The maximum Gasteiger partial charge on any atom is 0.338 e. The number of carbonyl (C=O) groups is 3. The fourth-order valence-electron chi connectivity index (χ4n) is 4.49. The summed E-state index contributed by atoms with van der Waals surface area (Å²) in [6.45, 7) is 9.57. The van der Waals surface area contributed by atoms with Crippen LogP contribution in [-0.4, -0.2) is 41.0 Å². The largest absolute Gasteiger partial charge is 0.507 e. The van der Waals surface area contributed by atoms with Gasteiger partial charge in [-0.05, 0) is 67.3 Å². The quantitative estimate of drug-likeness (QED) is 0.193. The molecule has 3 aromatic rings. The molecule has 1 unspecified atom stereocenters. The van der Waals surface area contributed by atoms with Gasteiger partial charge in [0.15, 0.2) is 0 Å². The average molecular weight is 529 g/mol. The van der Waals surface area contributed by atoms with Crippen molar-refractivity contribution in [3.63, 3.8) is 0 Å². The number of pyridine rings is 1. The van der Waals surface area contributed by atoms with E-state index in [1.165, 1.54) is 18.1 Å². The summed E-state index contributed by atoms with van der Waals surface area (Å²) in [5, 5.41) is 11.6. The number of methoxy groups -OCH3 is 1. The molecule has 0 bridgehead atoms. The Morgan fingerprint density at radius 2 is 1.77 bits per heavy atom. The zero-order valence-corrected chi connectivity index (χ0v) is 22.9. The summed E-state index contributed by atoms with van der Waals surface area (Å²) in [4.78, 5) is 45.4. The molecule has 1 N–H and O–H groups in total. The summed E-state index contributed by atoms with van der Waals surface area (Å²) in [5.41, 5.74) is 1.71. The molecule has 39 heavy (non-hydrogen) atoms. The minimum atomic E-state index is -1.05. The zero-order valence-electron chi connectivity index (χ0n) is 22.9. The predicted octanol–water partition coefficient (Wildman–Crippen LogP) is 5.58. The van der Waals surface area contributed by atoms with Crippen LogP contribution in [0.15, 0.2) is 72.4 Å². The van der Waals surface area contributed by atoms with E-state index in [1.54, 1.807) is 68.6 Å². The van der Waals surface area contributed by atoms with E-state index in [0.717, 1.165) is 5.56 Å². The molecule has 2 aromatic carbocycles. The highest BCUT2D eigenvalue weighted by Gasteiger charge is 2.48. The Morgan fingerprint density at radius 3 is 2.38 bits per heavy atom. The summed E-state index contributed by atoms with van der Waals surface area (Å²) in [6.07, 6.45) is 1.22. The minimum Gasteiger partial charge on any atom is -0.507 e. The van der Waals surface area contributed by atoms with Crippen molar-refractivity contribution in [3.8, 4) is 5.75 Å². The average Bonchev–Trinajstić information content (AvgIpc) is 3.17. The number of ether oxygens (including phenoxy) is 2. The predicted molar refractivity (Wildman–Crippen MR) is 148 cm³/mol. The minimum absolute atomic E-state index is 0.127. The van der Waals surface area contributed by atoms with Crippen LogP contribution in [0.25, 0.3) is 5.76 Å². The molecule has 4 rings (SSSR count). The number of anilines is 1. The number of amides is 1. The van der Waals surface area contributed by atoms with Crippen molar-refractivity contribution >= 4 is 29.1 Å². The molecule has 0 saturated carbocycles. The van der Waals surface area contributed by atoms with Crippen LogP contribution in [0.1, 0.15) is 67.8 Å². The summed E-state index contributed by atoms with van der Waals surface area (Å²) in [6, 6.07) is 15.8. The Hall–Kier alpha value is -4.46. The number of hydrogen-bond acceptors (Lipinski definition) is 7. The standard InChI is InChI=1S/C31H32N2O6/c1-18(2)39-30(37)19-10-9-11-21(16-19)33-26(23-12-7-8-15-32-23)25(28(35)29(33)36)27(34)22-17-20(31(3,4)5)13-14-24(22)38-6/h7-18,26,34H,1-6H3/b27-25+. The van der Waals surface area contributed by atoms with E-state index < -0.39 is 23.7 Å². The molecule has 0 radical (unpaired) electrons. The van der Waals surface area contributed by atoms with Crippen molar-refractivity contribution < 1.29 is 29.0 Å². The molecule has 1 saturated heterocycles. The summed E-state index contributed by atoms with van der Waals surface area (Å²) in [7, 11) is 1.47. The van der Waals surface area contributed by atoms with Gasteiger partial charge in [0, 0.05) is 11.9 Å². The van der Waals surface area contributed by atoms with Crippen molar-refractivity contribution in [2.24, 2.45) is 0 Å². The van der Waals surface area contributed by atoms with Gasteiger partial charge in [-0.2, -0.15) is 0 Å². The first-order chi connectivity index (χ1) is 18.4. The third-order valence-corrected chi connectivity index (χ3v) is 6.44. The zero-order chi connectivity index (χ0) is 28.5. The normalized spacial score (nSPS) is 17.0. The molecule has 8 nitrogen and oxygen atoms in total.